The van der Waals surface area contributed by atoms with Crippen molar-refractivity contribution < 1.29 is 19.6 Å². The Labute approximate surface area is 134 Å². The normalized spacial score (nSPS) is 11.3. The highest BCUT2D eigenvalue weighted by Gasteiger charge is 2.19. The molecule has 1 rings (SSSR count). The van der Waals surface area contributed by atoms with Gasteiger partial charge in [0.1, 0.15) is 17.5 Å². The maximum atomic E-state index is 11.4. The summed E-state index contributed by atoms with van der Waals surface area (Å²) in [4.78, 5) is 21.6. The van der Waals surface area contributed by atoms with Crippen LogP contribution in [0, 0.1) is 10.1 Å². The molecule has 1 aromatic rings. The third-order valence-corrected chi connectivity index (χ3v) is 2.99. The van der Waals surface area contributed by atoms with Crippen LogP contribution < -0.4 is 5.32 Å². The average Bonchev–Trinajstić information content (AvgIpc) is 2.83. The van der Waals surface area contributed by atoms with E-state index in [-0.39, 0.29) is 11.4 Å². The maximum Gasteiger partial charge on any atom is 0.407 e. The van der Waals surface area contributed by atoms with E-state index in [9.17, 15) is 20.0 Å². The van der Waals surface area contributed by atoms with Crippen LogP contribution in [0.15, 0.2) is 6.20 Å². The first-order chi connectivity index (χ1) is 10.7. The number of hydrogen-bond acceptors (Lipinski definition) is 6. The molecule has 0 aliphatic heterocycles. The molecule has 0 atom stereocenters. The van der Waals surface area contributed by atoms with Crippen LogP contribution in [0.5, 0.6) is 0 Å². The van der Waals surface area contributed by atoms with Crippen LogP contribution in [0.4, 0.5) is 10.5 Å². The number of aliphatic hydroxyl groups is 1. The fourth-order valence-corrected chi connectivity index (χ4v) is 1.98. The molecule has 0 saturated carbocycles. The van der Waals surface area contributed by atoms with Gasteiger partial charge in [0.2, 0.25) is 0 Å². The smallest absolute Gasteiger partial charge is 0.407 e. The molecule has 9 nitrogen and oxygen atoms in total. The van der Waals surface area contributed by atoms with Gasteiger partial charge in [-0.15, -0.1) is 0 Å². The lowest BCUT2D eigenvalue weighted by Gasteiger charge is -2.19. The monoisotopic (exact) mass is 328 g/mol. The third kappa shape index (κ3) is 6.64. The van der Waals surface area contributed by atoms with Crippen molar-refractivity contribution in [1.82, 2.24) is 15.1 Å². The second-order valence-electron chi connectivity index (χ2n) is 6.10. The molecule has 1 amide bonds. The molecule has 0 unspecified atom stereocenters. The highest BCUT2D eigenvalue weighted by Crippen LogP contribution is 2.18. The van der Waals surface area contributed by atoms with E-state index in [1.54, 1.807) is 20.8 Å². The van der Waals surface area contributed by atoms with Crippen molar-refractivity contribution in [3.8, 4) is 0 Å². The van der Waals surface area contributed by atoms with E-state index in [4.69, 9.17) is 4.74 Å². The zero-order chi connectivity index (χ0) is 17.5. The molecule has 23 heavy (non-hydrogen) atoms. The summed E-state index contributed by atoms with van der Waals surface area (Å²) in [6.07, 6.45) is 3.02. The SMILES string of the molecule is CC(C)(C)OC(=O)NCCCCCn1ncc([N+](=O)[O-])c1CO. The first kappa shape index (κ1) is 18.9. The number of nitrogens with one attached hydrogen (secondary N) is 1. The van der Waals surface area contributed by atoms with E-state index >= 15 is 0 Å². The van der Waals surface area contributed by atoms with Crippen molar-refractivity contribution in [2.24, 2.45) is 0 Å². The Balaban J connectivity index is 2.26. The summed E-state index contributed by atoms with van der Waals surface area (Å²) >= 11 is 0. The van der Waals surface area contributed by atoms with Crippen molar-refractivity contribution in [2.45, 2.75) is 58.8 Å². The van der Waals surface area contributed by atoms with Crippen LogP contribution in [0.3, 0.4) is 0 Å². The number of alkyl carbamates (subject to hydrolysis) is 1. The second-order valence-corrected chi connectivity index (χ2v) is 6.10. The summed E-state index contributed by atoms with van der Waals surface area (Å²) in [5.41, 5.74) is -0.472. The molecule has 9 heteroatoms. The summed E-state index contributed by atoms with van der Waals surface area (Å²) in [5.74, 6) is 0. The van der Waals surface area contributed by atoms with Crippen LogP contribution in [0.2, 0.25) is 0 Å². The average molecular weight is 328 g/mol. The van der Waals surface area contributed by atoms with E-state index in [0.29, 0.717) is 13.1 Å². The number of ether oxygens (including phenoxy) is 1. The van der Waals surface area contributed by atoms with Crippen LogP contribution >= 0.6 is 0 Å². The Kier molecular flexibility index (Phi) is 6.95. The van der Waals surface area contributed by atoms with Crippen LogP contribution in [0.1, 0.15) is 45.7 Å². The fourth-order valence-electron chi connectivity index (χ4n) is 1.98. The summed E-state index contributed by atoms with van der Waals surface area (Å²) in [7, 11) is 0. The molecular formula is C14H24N4O5. The minimum Gasteiger partial charge on any atom is -0.444 e. The molecule has 0 radical (unpaired) electrons. The number of hydrogen-bond donors (Lipinski definition) is 2. The van der Waals surface area contributed by atoms with Gasteiger partial charge in [0.05, 0.1) is 11.5 Å². The number of aromatic nitrogens is 2. The number of aliphatic hydroxyl groups excluding tert-OH is 1. The Morgan fingerprint density at radius 2 is 2.13 bits per heavy atom. The quantitative estimate of drug-likeness (QED) is 0.428. The summed E-state index contributed by atoms with van der Waals surface area (Å²) in [5, 5.41) is 26.6. The van der Waals surface area contributed by atoms with Gasteiger partial charge in [0.25, 0.3) is 0 Å². The van der Waals surface area contributed by atoms with Gasteiger partial charge in [0, 0.05) is 13.1 Å². The van der Waals surface area contributed by atoms with Gasteiger partial charge in [0.15, 0.2) is 0 Å². The third-order valence-electron chi connectivity index (χ3n) is 2.99. The van der Waals surface area contributed by atoms with Gasteiger partial charge >= 0.3 is 11.8 Å². The van der Waals surface area contributed by atoms with E-state index in [1.807, 2.05) is 0 Å². The standard InChI is InChI=1S/C14H24N4O5/c1-14(2,3)23-13(20)15-7-5-4-6-8-17-12(10-19)11(9-16-17)18(21)22/h9,19H,4-8,10H2,1-3H3,(H,15,20). The molecule has 0 saturated heterocycles. The van der Waals surface area contributed by atoms with Gasteiger partial charge in [-0.1, -0.05) is 0 Å². The van der Waals surface area contributed by atoms with Gasteiger partial charge in [-0.05, 0) is 40.0 Å². The predicted octanol–water partition coefficient (Wildman–Crippen LogP) is 1.98. The van der Waals surface area contributed by atoms with Crippen molar-refractivity contribution >= 4 is 11.8 Å². The van der Waals surface area contributed by atoms with Crippen LogP contribution in [-0.4, -0.2) is 38.0 Å². The molecule has 0 fully saturated rings. The molecule has 0 spiro atoms. The first-order valence-electron chi connectivity index (χ1n) is 7.51. The van der Waals surface area contributed by atoms with E-state index in [2.05, 4.69) is 10.4 Å². The van der Waals surface area contributed by atoms with Crippen molar-refractivity contribution in [2.75, 3.05) is 6.54 Å². The molecule has 0 aliphatic rings. The highest BCUT2D eigenvalue weighted by atomic mass is 16.6. The number of unbranched alkanes of at least 4 members (excludes halogenated alkanes) is 2. The minimum atomic E-state index is -0.556. The highest BCUT2D eigenvalue weighted by molar-refractivity contribution is 5.67. The zero-order valence-corrected chi connectivity index (χ0v) is 13.7. The van der Waals surface area contributed by atoms with E-state index in [1.165, 1.54) is 4.68 Å². The molecule has 1 aromatic heterocycles. The number of carbonyl (C=O) groups is 1. The number of amides is 1. The summed E-state index contributed by atoms with van der Waals surface area (Å²) in [6, 6.07) is 0. The molecule has 0 bridgehead atoms. The van der Waals surface area contributed by atoms with Crippen molar-refractivity contribution in [3.63, 3.8) is 0 Å². The maximum absolute atomic E-state index is 11.4. The molecule has 0 aromatic carbocycles. The van der Waals surface area contributed by atoms with E-state index < -0.39 is 23.2 Å². The number of nitrogens with zero attached hydrogens (tertiary/aromatic N) is 3. The van der Waals surface area contributed by atoms with Crippen molar-refractivity contribution in [1.29, 1.82) is 0 Å². The van der Waals surface area contributed by atoms with Crippen LogP contribution in [-0.2, 0) is 17.9 Å². The van der Waals surface area contributed by atoms with E-state index in [0.717, 1.165) is 25.5 Å². The number of aryl methyl sites for hydroxylation is 1. The number of rotatable bonds is 8. The predicted molar refractivity (Wildman–Crippen MR) is 82.9 cm³/mol. The molecule has 130 valence electrons. The first-order valence-corrected chi connectivity index (χ1v) is 7.51. The Morgan fingerprint density at radius 3 is 2.70 bits per heavy atom. The van der Waals surface area contributed by atoms with Gasteiger partial charge in [-0.25, -0.2) is 4.79 Å². The lowest BCUT2D eigenvalue weighted by Crippen LogP contribution is -2.33. The zero-order valence-electron chi connectivity index (χ0n) is 13.7. The molecule has 2 N–H and O–H groups in total. The lowest BCUT2D eigenvalue weighted by atomic mass is 10.2. The second kappa shape index (κ2) is 8.47. The lowest BCUT2D eigenvalue weighted by molar-refractivity contribution is -0.386. The molecule has 1 heterocycles. The Bertz CT molecular complexity index is 536. The molecular weight excluding hydrogens is 304 g/mol. The van der Waals surface area contributed by atoms with Gasteiger partial charge in [-0.2, -0.15) is 5.10 Å². The topological polar surface area (TPSA) is 120 Å². The summed E-state index contributed by atoms with van der Waals surface area (Å²) < 4.78 is 6.56. The number of carbonyl (C=O) groups excluding carboxylic acids is 1. The molecule has 0 aliphatic carbocycles. The number of nitro groups is 1. The van der Waals surface area contributed by atoms with Gasteiger partial charge < -0.3 is 15.2 Å². The minimum absolute atomic E-state index is 0.168. The van der Waals surface area contributed by atoms with Crippen LogP contribution in [0.25, 0.3) is 0 Å². The fraction of sp³-hybridized carbons (Fsp3) is 0.714. The van der Waals surface area contributed by atoms with Crippen molar-refractivity contribution in [3.05, 3.63) is 22.0 Å². The largest absolute Gasteiger partial charge is 0.444 e. The Hall–Kier alpha value is -2.16. The summed E-state index contributed by atoms with van der Waals surface area (Å²) in [6.45, 7) is 5.96. The van der Waals surface area contributed by atoms with Gasteiger partial charge in [-0.3, -0.25) is 14.8 Å². The Morgan fingerprint density at radius 1 is 1.43 bits per heavy atom.